The third-order valence-electron chi connectivity index (χ3n) is 1.51. The maximum absolute atomic E-state index is 9.26. The molecule has 0 bridgehead atoms. The van der Waals surface area contributed by atoms with Crippen LogP contribution in [0.25, 0.3) is 0 Å². The number of nitrogens with two attached hydrogens (primary N) is 1. The molecule has 0 heterocycles. The van der Waals surface area contributed by atoms with Crippen LogP contribution in [0.3, 0.4) is 0 Å². The molecule has 0 unspecified atom stereocenters. The van der Waals surface area contributed by atoms with Crippen molar-refractivity contribution in [1.29, 1.82) is 0 Å². The van der Waals surface area contributed by atoms with Crippen molar-refractivity contribution in [1.82, 2.24) is 0 Å². The minimum absolute atomic E-state index is 0.187. The van der Waals surface area contributed by atoms with Gasteiger partial charge in [-0.2, -0.15) is 0 Å². The number of methoxy groups -OCH3 is 1. The van der Waals surface area contributed by atoms with E-state index in [1.165, 1.54) is 0 Å². The Bertz CT molecular complexity index is 248. The molecule has 0 fully saturated rings. The van der Waals surface area contributed by atoms with E-state index in [4.69, 9.17) is 10.5 Å². The summed E-state index contributed by atoms with van der Waals surface area (Å²) in [6.45, 7) is 0.343. The molecule has 3 nitrogen and oxygen atoms in total. The fraction of sp³-hybridized carbons (Fsp3) is 0.250. The van der Waals surface area contributed by atoms with E-state index in [0.29, 0.717) is 12.3 Å². The standard InChI is InChI=1S/C8H11NO2/c1-11-7-3-2-6(5-9)8(10)4-7/h2-4,10H,5,9H2,1H3. The zero-order valence-corrected chi connectivity index (χ0v) is 6.37. The topological polar surface area (TPSA) is 55.5 Å². The average Bonchev–Trinajstić information content (AvgIpc) is 2.04. The Balaban J connectivity index is 2.99. The first-order chi connectivity index (χ1) is 5.27. The molecule has 0 spiro atoms. The van der Waals surface area contributed by atoms with Gasteiger partial charge >= 0.3 is 0 Å². The smallest absolute Gasteiger partial charge is 0.123 e. The summed E-state index contributed by atoms with van der Waals surface area (Å²) in [5, 5.41) is 9.26. The molecule has 3 heteroatoms. The number of aromatic hydroxyl groups is 1. The monoisotopic (exact) mass is 153 g/mol. The van der Waals surface area contributed by atoms with Crippen LogP contribution in [-0.2, 0) is 6.54 Å². The molecule has 1 rings (SSSR count). The summed E-state index contributed by atoms with van der Waals surface area (Å²) in [7, 11) is 1.55. The molecule has 0 aliphatic rings. The fourth-order valence-corrected chi connectivity index (χ4v) is 0.843. The van der Waals surface area contributed by atoms with Gasteiger partial charge in [0.05, 0.1) is 7.11 Å². The van der Waals surface area contributed by atoms with Crippen LogP contribution in [-0.4, -0.2) is 12.2 Å². The zero-order chi connectivity index (χ0) is 8.27. The predicted octanol–water partition coefficient (Wildman–Crippen LogP) is 0.859. The molecule has 0 aromatic heterocycles. The largest absolute Gasteiger partial charge is 0.507 e. The lowest BCUT2D eigenvalue weighted by atomic mass is 10.2. The van der Waals surface area contributed by atoms with Gasteiger partial charge in [0.2, 0.25) is 0 Å². The summed E-state index contributed by atoms with van der Waals surface area (Å²) in [6, 6.07) is 5.05. The van der Waals surface area contributed by atoms with E-state index in [-0.39, 0.29) is 5.75 Å². The highest BCUT2D eigenvalue weighted by Gasteiger charge is 1.99. The summed E-state index contributed by atoms with van der Waals surface area (Å²) in [6.07, 6.45) is 0. The van der Waals surface area contributed by atoms with Crippen molar-refractivity contribution in [3.63, 3.8) is 0 Å². The number of phenolic OH excluding ortho intramolecular Hbond substituents is 1. The third-order valence-corrected chi connectivity index (χ3v) is 1.51. The van der Waals surface area contributed by atoms with Gasteiger partial charge in [-0.15, -0.1) is 0 Å². The van der Waals surface area contributed by atoms with Crippen molar-refractivity contribution in [2.75, 3.05) is 7.11 Å². The van der Waals surface area contributed by atoms with Gasteiger partial charge in [0, 0.05) is 18.2 Å². The van der Waals surface area contributed by atoms with Gasteiger partial charge in [0.15, 0.2) is 0 Å². The first kappa shape index (κ1) is 7.88. The van der Waals surface area contributed by atoms with Crippen molar-refractivity contribution >= 4 is 0 Å². The molecule has 1 aromatic carbocycles. The maximum Gasteiger partial charge on any atom is 0.123 e. The van der Waals surface area contributed by atoms with Crippen molar-refractivity contribution < 1.29 is 9.84 Å². The lowest BCUT2D eigenvalue weighted by Crippen LogP contribution is -1.96. The molecule has 0 aliphatic heterocycles. The second-order valence-electron chi connectivity index (χ2n) is 2.20. The van der Waals surface area contributed by atoms with Gasteiger partial charge in [-0.05, 0) is 6.07 Å². The van der Waals surface area contributed by atoms with E-state index < -0.39 is 0 Å². The highest BCUT2D eigenvalue weighted by atomic mass is 16.5. The Morgan fingerprint density at radius 2 is 2.27 bits per heavy atom. The highest BCUT2D eigenvalue weighted by molar-refractivity contribution is 5.39. The first-order valence-electron chi connectivity index (χ1n) is 3.34. The zero-order valence-electron chi connectivity index (χ0n) is 6.37. The Morgan fingerprint density at radius 3 is 2.73 bits per heavy atom. The highest BCUT2D eigenvalue weighted by Crippen LogP contribution is 2.22. The van der Waals surface area contributed by atoms with Crippen LogP contribution in [0.2, 0.25) is 0 Å². The molecular weight excluding hydrogens is 142 g/mol. The average molecular weight is 153 g/mol. The summed E-state index contributed by atoms with van der Waals surface area (Å²) in [5.41, 5.74) is 6.07. The van der Waals surface area contributed by atoms with Crippen LogP contribution < -0.4 is 10.5 Å². The van der Waals surface area contributed by atoms with Gasteiger partial charge in [-0.25, -0.2) is 0 Å². The number of hydrogen-bond donors (Lipinski definition) is 2. The molecule has 3 N–H and O–H groups in total. The lowest BCUT2D eigenvalue weighted by molar-refractivity contribution is 0.406. The summed E-state index contributed by atoms with van der Waals surface area (Å²) in [5.74, 6) is 0.826. The van der Waals surface area contributed by atoms with Crippen LogP contribution in [0.15, 0.2) is 18.2 Å². The van der Waals surface area contributed by atoms with Gasteiger partial charge < -0.3 is 15.6 Å². The number of benzene rings is 1. The second kappa shape index (κ2) is 3.25. The number of rotatable bonds is 2. The maximum atomic E-state index is 9.26. The van der Waals surface area contributed by atoms with E-state index >= 15 is 0 Å². The van der Waals surface area contributed by atoms with Crippen molar-refractivity contribution in [3.05, 3.63) is 23.8 Å². The molecule has 11 heavy (non-hydrogen) atoms. The van der Waals surface area contributed by atoms with Crippen molar-refractivity contribution in [2.24, 2.45) is 5.73 Å². The van der Waals surface area contributed by atoms with Gasteiger partial charge in [0.1, 0.15) is 11.5 Å². The molecule has 0 atom stereocenters. The Labute approximate surface area is 65.4 Å². The summed E-state index contributed by atoms with van der Waals surface area (Å²) >= 11 is 0. The summed E-state index contributed by atoms with van der Waals surface area (Å²) in [4.78, 5) is 0. The van der Waals surface area contributed by atoms with Crippen molar-refractivity contribution in [2.45, 2.75) is 6.54 Å². The normalized spacial score (nSPS) is 9.64. The number of hydrogen-bond acceptors (Lipinski definition) is 3. The fourth-order valence-electron chi connectivity index (χ4n) is 0.843. The van der Waals surface area contributed by atoms with E-state index in [1.807, 2.05) is 0 Å². The second-order valence-corrected chi connectivity index (χ2v) is 2.20. The Hall–Kier alpha value is -1.22. The first-order valence-corrected chi connectivity index (χ1v) is 3.34. The Morgan fingerprint density at radius 1 is 1.55 bits per heavy atom. The molecule has 0 saturated heterocycles. The van der Waals surface area contributed by atoms with Crippen LogP contribution in [0.5, 0.6) is 11.5 Å². The molecule has 60 valence electrons. The van der Waals surface area contributed by atoms with Crippen LogP contribution >= 0.6 is 0 Å². The molecule has 1 aromatic rings. The van der Waals surface area contributed by atoms with Crippen LogP contribution in [0.4, 0.5) is 0 Å². The SMILES string of the molecule is COc1ccc(CN)c(O)c1. The Kier molecular flexibility index (Phi) is 2.33. The summed E-state index contributed by atoms with van der Waals surface area (Å²) < 4.78 is 4.89. The van der Waals surface area contributed by atoms with Gasteiger partial charge in [-0.1, -0.05) is 6.07 Å². The number of phenols is 1. The lowest BCUT2D eigenvalue weighted by Gasteiger charge is -2.03. The van der Waals surface area contributed by atoms with E-state index in [2.05, 4.69) is 0 Å². The van der Waals surface area contributed by atoms with Crippen LogP contribution in [0, 0.1) is 0 Å². The number of ether oxygens (including phenoxy) is 1. The molecule has 0 aliphatic carbocycles. The van der Waals surface area contributed by atoms with E-state index in [0.717, 1.165) is 5.56 Å². The van der Waals surface area contributed by atoms with Crippen LogP contribution in [0.1, 0.15) is 5.56 Å². The molecule has 0 saturated carbocycles. The van der Waals surface area contributed by atoms with Gasteiger partial charge in [0.25, 0.3) is 0 Å². The molecular formula is C8H11NO2. The molecule has 0 radical (unpaired) electrons. The van der Waals surface area contributed by atoms with E-state index in [1.54, 1.807) is 25.3 Å². The minimum atomic E-state index is 0.187. The van der Waals surface area contributed by atoms with Gasteiger partial charge in [-0.3, -0.25) is 0 Å². The third kappa shape index (κ3) is 1.62. The predicted molar refractivity (Wildman–Crippen MR) is 42.6 cm³/mol. The molecule has 0 amide bonds. The van der Waals surface area contributed by atoms with E-state index in [9.17, 15) is 5.11 Å². The minimum Gasteiger partial charge on any atom is -0.507 e. The van der Waals surface area contributed by atoms with Crippen molar-refractivity contribution in [3.8, 4) is 11.5 Å². The quantitative estimate of drug-likeness (QED) is 0.662.